The summed E-state index contributed by atoms with van der Waals surface area (Å²) in [6, 6.07) is -1.49. The molecule has 0 aromatic rings. The Morgan fingerprint density at radius 3 is 1.38 bits per heavy atom. The number of nitrogens with one attached hydrogen (secondary N) is 3. The monoisotopic (exact) mass is 1580 g/mol. The molecule has 4 aliphatic rings. The molecule has 4 fully saturated rings. The van der Waals surface area contributed by atoms with E-state index in [1.165, 1.54) is 97.6 Å². The molecular weight excluding hydrogens is 1450 g/mol. The van der Waals surface area contributed by atoms with Crippen LogP contribution in [-0.2, 0) is 85.0 Å². The highest BCUT2D eigenvalue weighted by molar-refractivity contribution is 7.52. The summed E-state index contributed by atoms with van der Waals surface area (Å²) in [4.78, 5) is 64.7. The van der Waals surface area contributed by atoms with E-state index in [4.69, 9.17) is 56.4 Å². The van der Waals surface area contributed by atoms with Gasteiger partial charge in [-0.2, -0.15) is 0 Å². The van der Waals surface area contributed by atoms with E-state index >= 15 is 0 Å². The minimum atomic E-state index is -3.77. The summed E-state index contributed by atoms with van der Waals surface area (Å²) < 4.78 is 84.0. The first-order valence-corrected chi connectivity index (χ1v) is 42.5. The van der Waals surface area contributed by atoms with Crippen molar-refractivity contribution in [3.8, 4) is 0 Å². The van der Waals surface area contributed by atoms with Crippen molar-refractivity contribution < 1.29 is 136 Å². The molecule has 22 atom stereocenters. The number of aliphatic hydroxyl groups is 10. The van der Waals surface area contributed by atoms with Crippen LogP contribution in [0, 0.1) is 0 Å². The maximum absolute atomic E-state index is 13.4. The molecule has 634 valence electrons. The molecule has 4 saturated heterocycles. The summed E-state index contributed by atoms with van der Waals surface area (Å²) in [6.07, 6.45) is 6.51. The molecule has 4 aliphatic heterocycles. The Hall–Kier alpha value is -3.74. The molecule has 109 heavy (non-hydrogen) atoms. The number of ether oxygens (including phenoxy) is 10. The summed E-state index contributed by atoms with van der Waals surface area (Å²) in [6.45, 7) is 6.85. The van der Waals surface area contributed by atoms with Crippen molar-refractivity contribution in [1.29, 1.82) is 0 Å². The molecule has 32 heteroatoms. The molecule has 0 aromatic carbocycles. The lowest BCUT2D eigenvalue weighted by Crippen LogP contribution is -2.70. The number of rotatable bonds is 59. The largest absolute Gasteiger partial charge is 0.462 e. The minimum Gasteiger partial charge on any atom is -0.462 e. The molecule has 0 radical (unpaired) electrons. The highest BCUT2D eigenvalue weighted by atomic mass is 31.2. The van der Waals surface area contributed by atoms with Gasteiger partial charge in [0.15, 0.2) is 31.3 Å². The molecule has 31 nitrogen and oxygen atoms in total. The summed E-state index contributed by atoms with van der Waals surface area (Å²) in [5.74, 6) is -2.32. The second kappa shape index (κ2) is 56.5. The fourth-order valence-electron chi connectivity index (χ4n) is 13.1. The molecule has 0 aliphatic carbocycles. The number of unbranched alkanes of at least 4 members (excludes halogenated alkanes) is 23. The smallest absolute Gasteiger partial charge is 0.327 e. The van der Waals surface area contributed by atoms with Crippen LogP contribution in [0.5, 0.6) is 0 Å². The van der Waals surface area contributed by atoms with Crippen LogP contribution in [0.1, 0.15) is 247 Å². The topological polar surface area (TPSA) is 452 Å². The molecule has 13 N–H and O–H groups in total. The van der Waals surface area contributed by atoms with Gasteiger partial charge in [0.05, 0.1) is 45.2 Å². The Labute approximate surface area is 645 Å². The molecule has 3 amide bonds. The van der Waals surface area contributed by atoms with Crippen LogP contribution in [-0.4, -0.2) is 269 Å². The van der Waals surface area contributed by atoms with E-state index in [0.717, 1.165) is 84.0 Å². The standard InChI is InChI=1S/C77H138N3O28P/c1-7-9-11-13-15-17-19-21-23-25-27-29-31-33-35-42-60(86)98-50-55(103-61(87)43-36-34-32-30-28-26-24-22-20-18-16-14-12-10-8-2)51-100-109(6,96)99-47-45-79-59(85)41-38-37-40-58(84)78-44-39-46-97-74-62(80-54(5)83)72(71(57(49-82)105-74)106-75-69(94)66(91)63(88)52(3)101-75)107-77-73(68(93)65(90)56(48-81)104-77)108-76-70(95)67(92)64(89)53(4)102-76/h21-24,52-53,55-57,62-77,81-82,88-95H,7-20,25-51H2,1-6H3,(H,78,84)(H,79,85)(H,80,83)/b23-21+,24-22-/t52?,53?,55-,56?,57?,62?,63-,64-,65+,66?,67+,68+,69+,70?,71-,72-,73?,74-,75+,76+,77+,109?/m1/s1. The number of hydrogen-bond acceptors (Lipinski definition) is 28. The number of allylic oxidation sites excluding steroid dienone is 4. The van der Waals surface area contributed by atoms with Crippen molar-refractivity contribution in [2.24, 2.45) is 0 Å². The van der Waals surface area contributed by atoms with Gasteiger partial charge in [-0.25, -0.2) is 0 Å². The Kier molecular flexibility index (Phi) is 50.6. The third-order valence-electron chi connectivity index (χ3n) is 19.8. The zero-order chi connectivity index (χ0) is 79.9. The van der Waals surface area contributed by atoms with Gasteiger partial charge in [-0.05, 0) is 97.3 Å². The number of esters is 2. The van der Waals surface area contributed by atoms with Crippen molar-refractivity contribution in [2.75, 3.05) is 59.4 Å². The number of amides is 3. The van der Waals surface area contributed by atoms with Crippen LogP contribution in [0.3, 0.4) is 0 Å². The van der Waals surface area contributed by atoms with Gasteiger partial charge in [0.25, 0.3) is 0 Å². The van der Waals surface area contributed by atoms with Gasteiger partial charge in [-0.3, -0.25) is 28.5 Å². The SMILES string of the molecule is CCCCCCCC/C=C\CCCCCCCC(=O)O[C@H](COC(=O)CCCCCCC/C=C/CCCCCCCC)COP(C)(=O)OCCNC(=O)CCCCC(=O)NCCCO[C@@H]1OC(CO)[C@@H](O[C@@H]2OC(C)[C@@H](O)C(O)[C@@H]2O)[C@H](O[C@@H]2OC(CO)[C@H](O)[C@H](O)C2O[C@@H]2OC(C)[C@@H](O)[C@H](O)C2O)C1NC(C)=O. The van der Waals surface area contributed by atoms with E-state index in [0.29, 0.717) is 25.7 Å². The van der Waals surface area contributed by atoms with Crippen molar-refractivity contribution in [3.05, 3.63) is 24.3 Å². The molecule has 0 spiro atoms. The van der Waals surface area contributed by atoms with Gasteiger partial charge in [-0.15, -0.1) is 0 Å². The molecule has 9 unspecified atom stereocenters. The summed E-state index contributed by atoms with van der Waals surface area (Å²) in [7, 11) is -3.77. The van der Waals surface area contributed by atoms with E-state index in [1.807, 2.05) is 0 Å². The Bertz CT molecular complexity index is 2580. The molecule has 0 bridgehead atoms. The van der Waals surface area contributed by atoms with Crippen LogP contribution in [0.25, 0.3) is 0 Å². The highest BCUT2D eigenvalue weighted by Crippen LogP contribution is 2.44. The van der Waals surface area contributed by atoms with Crippen molar-refractivity contribution >= 4 is 37.3 Å². The quantitative estimate of drug-likeness (QED) is 0.0143. The first kappa shape index (κ1) is 97.6. The van der Waals surface area contributed by atoms with E-state index in [2.05, 4.69) is 54.1 Å². The van der Waals surface area contributed by atoms with Gasteiger partial charge in [-0.1, -0.05) is 141 Å². The number of carbonyl (C=O) groups is 5. The van der Waals surface area contributed by atoms with E-state index in [9.17, 15) is 79.6 Å². The van der Waals surface area contributed by atoms with E-state index in [-0.39, 0.29) is 83.4 Å². The second-order valence-corrected chi connectivity index (χ2v) is 31.4. The maximum Gasteiger partial charge on any atom is 0.327 e. The van der Waals surface area contributed by atoms with Gasteiger partial charge >= 0.3 is 19.5 Å². The Balaban J connectivity index is 1.23. The predicted molar refractivity (Wildman–Crippen MR) is 401 cm³/mol. The number of aliphatic hydroxyl groups excluding tert-OH is 10. The lowest BCUT2D eigenvalue weighted by Gasteiger charge is -2.51. The first-order valence-electron chi connectivity index (χ1n) is 40.5. The molecule has 0 aromatic heterocycles. The van der Waals surface area contributed by atoms with Crippen molar-refractivity contribution in [2.45, 2.75) is 375 Å². The van der Waals surface area contributed by atoms with Crippen molar-refractivity contribution in [1.82, 2.24) is 16.0 Å². The van der Waals surface area contributed by atoms with E-state index < -0.39 is 168 Å². The Morgan fingerprint density at radius 1 is 0.440 bits per heavy atom. The lowest BCUT2D eigenvalue weighted by atomic mass is 9.94. The van der Waals surface area contributed by atoms with Gasteiger partial charge in [0.2, 0.25) is 17.7 Å². The average Bonchev–Trinajstić information content (AvgIpc) is 0.765. The lowest BCUT2D eigenvalue weighted by molar-refractivity contribution is -0.391. The first-order chi connectivity index (χ1) is 52.4. The second-order valence-electron chi connectivity index (χ2n) is 29.3. The molecule has 4 rings (SSSR count). The predicted octanol–water partition coefficient (Wildman–Crippen LogP) is 6.04. The zero-order valence-corrected chi connectivity index (χ0v) is 66.6. The Morgan fingerprint density at radius 2 is 0.881 bits per heavy atom. The summed E-state index contributed by atoms with van der Waals surface area (Å²) >= 11 is 0. The summed E-state index contributed by atoms with van der Waals surface area (Å²) in [5.41, 5.74) is 0. The highest BCUT2D eigenvalue weighted by Gasteiger charge is 2.56. The third kappa shape index (κ3) is 38.5. The normalized spacial score (nSPS) is 29.6. The fraction of sp³-hybridized carbons (Fsp3) is 0.883. The van der Waals surface area contributed by atoms with Crippen LogP contribution in [0.4, 0.5) is 0 Å². The van der Waals surface area contributed by atoms with Gasteiger partial charge in [0, 0.05) is 52.4 Å². The summed E-state index contributed by atoms with van der Waals surface area (Å²) in [5, 5.41) is 116. The van der Waals surface area contributed by atoms with Crippen LogP contribution in [0.15, 0.2) is 24.3 Å². The maximum atomic E-state index is 13.4. The molecule has 0 saturated carbocycles. The van der Waals surface area contributed by atoms with Gasteiger partial charge < -0.3 is 123 Å². The van der Waals surface area contributed by atoms with E-state index in [1.54, 1.807) is 0 Å². The average molecular weight is 1580 g/mol. The fourth-order valence-corrected chi connectivity index (χ4v) is 14.1. The van der Waals surface area contributed by atoms with Gasteiger partial charge in [0.1, 0.15) is 92.0 Å². The van der Waals surface area contributed by atoms with Crippen LogP contribution in [0.2, 0.25) is 0 Å². The number of hydrogen-bond donors (Lipinski definition) is 13. The van der Waals surface area contributed by atoms with Crippen LogP contribution < -0.4 is 16.0 Å². The van der Waals surface area contributed by atoms with Crippen molar-refractivity contribution in [3.63, 3.8) is 0 Å². The molecular formula is C77H138N3O28P. The zero-order valence-electron chi connectivity index (χ0n) is 65.7. The minimum absolute atomic E-state index is 0.0216. The number of carbonyl (C=O) groups excluding carboxylic acids is 5. The third-order valence-corrected chi connectivity index (χ3v) is 21.0. The van der Waals surface area contributed by atoms with Crippen LogP contribution >= 0.6 is 7.60 Å². The molecule has 4 heterocycles.